The minimum atomic E-state index is -4.82. The minimum absolute atomic E-state index is 1.32. The third kappa shape index (κ3) is 24.8. The van der Waals surface area contributed by atoms with Gasteiger partial charge in [-0.25, -0.2) is 0 Å². The van der Waals surface area contributed by atoms with E-state index in [0.717, 1.165) is 0 Å². The first-order chi connectivity index (χ1) is 39.3. The van der Waals surface area contributed by atoms with Crippen LogP contribution >= 0.6 is 0 Å². The summed E-state index contributed by atoms with van der Waals surface area (Å²) in [6, 6.07) is 0. The Morgan fingerprint density at radius 2 is 0.333 bits per heavy atom. The molecule has 0 aromatic heterocycles. The molecule has 87 heavy (non-hydrogen) atoms. The fraction of sp³-hybridized carbons (Fsp3) is 1.00. The van der Waals surface area contributed by atoms with Crippen molar-refractivity contribution in [2.24, 2.45) is 0 Å². The molecule has 0 rings (SSSR count). The Balaban J connectivity index is 5.95. The normalized spacial score (nSPS) is 11.0. The summed E-state index contributed by atoms with van der Waals surface area (Å²) in [5.41, 5.74) is 0. The zero-order chi connectivity index (χ0) is 69.1. The Morgan fingerprint density at radius 1 is 0.207 bits per heavy atom. The largest absolute Gasteiger partial charge is 0.457 e. The highest BCUT2D eigenvalue weighted by molar-refractivity contribution is 7.86. The Labute approximate surface area is 532 Å². The predicted octanol–water partition coefficient (Wildman–Crippen LogP) is -16.9. The quantitative estimate of drug-likeness (QED) is 0.0512. The maximum absolute atomic E-state index is 12.9. The molecule has 0 fully saturated rings. The van der Waals surface area contributed by atoms with Gasteiger partial charge in [0.25, 0.3) is 0 Å². The van der Waals surface area contributed by atoms with Gasteiger partial charge in [0.05, 0.1) is 0 Å². The Bertz CT molecular complexity index is 3740. The molecular weight excluding hydrogens is 1860 g/mol. The molecule has 0 radical (unpaired) electrons. The average molecular weight is 1880 g/mol. The fourth-order valence-electron chi connectivity index (χ4n) is 4.76. The number of hydrogen-bond donors (Lipinski definition) is 0. The van der Waals surface area contributed by atoms with Gasteiger partial charge in [-0.3, -0.25) is 0 Å². The van der Waals surface area contributed by atoms with Crippen molar-refractivity contribution in [3.05, 3.63) is 0 Å². The second kappa shape index (κ2) is 38.4. The Morgan fingerprint density at radius 3 is 0.460 bits per heavy atom. The van der Waals surface area contributed by atoms with E-state index in [9.17, 15) is 165 Å². The van der Waals surface area contributed by atoms with Crippen molar-refractivity contribution in [2.45, 2.75) is 45.8 Å². The summed E-state index contributed by atoms with van der Waals surface area (Å²) in [6.45, 7) is 11.2. The van der Waals surface area contributed by atoms with Gasteiger partial charge in [0.1, 0.15) is 0 Å². The molecule has 0 aromatic carbocycles. The monoisotopic (exact) mass is 1880 g/mol. The first-order valence-corrected chi connectivity index (χ1v) is 123. The first kappa shape index (κ1) is 88.4. The van der Waals surface area contributed by atoms with Crippen LogP contribution in [0.5, 0.6) is 0 Å². The summed E-state index contributed by atoms with van der Waals surface area (Å²) < 4.78 is 483. The van der Waals surface area contributed by atoms with Gasteiger partial charge < -0.3 is 173 Å². The van der Waals surface area contributed by atoms with Crippen LogP contribution in [-0.4, -0.2) is 320 Å². The molecule has 0 spiro atoms. The Kier molecular flexibility index (Phi) is 39.0. The second-order valence-corrected chi connectivity index (χ2v) is 216. The molecule has 0 heterocycles. The van der Waals surface area contributed by atoms with Crippen molar-refractivity contribution >= 4 is 320 Å². The lowest BCUT2D eigenvalue weighted by Crippen LogP contribution is -2.58. The average Bonchev–Trinajstić information content (AvgIpc) is 2.18. The smallest absolute Gasteiger partial charge is 0.381 e. The molecule has 0 N–H and O–H groups in total. The van der Waals surface area contributed by atoms with Crippen molar-refractivity contribution in [1.82, 2.24) is 0 Å². The van der Waals surface area contributed by atoms with Gasteiger partial charge >= 0.3 is 286 Å². The fourth-order valence-corrected chi connectivity index (χ4v) is 470. The summed E-state index contributed by atoms with van der Waals surface area (Å²) in [6.07, 6.45) is 0. The van der Waals surface area contributed by atoms with E-state index >= 15 is 0 Å². The minimum Gasteiger partial charge on any atom is -0.457 e. The van der Waals surface area contributed by atoms with E-state index in [0.29, 0.717) is 0 Å². The summed E-state index contributed by atoms with van der Waals surface area (Å²) in [7, 11) is -177. The van der Waals surface area contributed by atoms with Crippen LogP contribution < -0.4 is 0 Å². The molecule has 450 valence electrons. The zero-order valence-electron chi connectivity index (χ0n) is 43.7. The van der Waals surface area contributed by atoms with Crippen LogP contribution in [-0.2, 0) is 173 Å². The van der Waals surface area contributed by atoms with E-state index in [1.807, 2.05) is 0 Å². The van der Waals surface area contributed by atoms with E-state index in [1.165, 1.54) is 6.55 Å². The predicted molar refractivity (Wildman–Crippen MR) is 309 cm³/mol. The second-order valence-electron chi connectivity index (χ2n) is 17.6. The molecule has 80 heteroatoms. The van der Waals surface area contributed by atoms with Crippen LogP contribution in [0.4, 0.5) is 0 Å². The standard InChI is InChI=1S/C7H24O39Si41/c1-48(46-87(5,6)7)50(9)52(11)54(13)56(15)58(17)60(19)62(21)64(23)66(25)68(27)70(29)72(31)74(33)76(35)78(37)80(39)82(41)84(43)85(44)83(42)81(40)79(38)77(36)75(34)73(32)71(30)69(28)67(26)65(24)63(22)61(20)59(18)57(16)55(14)53(12)51(10)49(8)47-45-86(2,3)4/h48H,47H2,1-7H3. The zero-order valence-corrected chi connectivity index (χ0v) is 85.3. The topological polar surface area (TPSA) is 650 Å². The maximum Gasteiger partial charge on any atom is 0.381 e. The molecule has 0 aromatic rings. The van der Waals surface area contributed by atoms with Crippen molar-refractivity contribution in [2.75, 3.05) is 0 Å². The van der Waals surface area contributed by atoms with Gasteiger partial charge in [-0.1, -0.05) is 0 Å². The maximum atomic E-state index is 12.9. The Hall–Kier alpha value is 1.41. The van der Waals surface area contributed by atoms with Crippen LogP contribution in [0.2, 0.25) is 45.8 Å². The molecular formula is C7H24O39Si41. The highest BCUT2D eigenvalue weighted by atomic mass is 30.2. The molecule has 39 nitrogen and oxygen atoms in total. The highest BCUT2D eigenvalue weighted by Crippen LogP contribution is 2.05. The molecule has 1 unspecified atom stereocenters. The van der Waals surface area contributed by atoms with Gasteiger partial charge in [-0.15, -0.1) is 0 Å². The molecule has 0 saturated heterocycles. The molecule has 0 aliphatic heterocycles. The van der Waals surface area contributed by atoms with Gasteiger partial charge in [0.2, 0.25) is 17.8 Å². The van der Waals surface area contributed by atoms with E-state index in [2.05, 4.69) is 0 Å². The van der Waals surface area contributed by atoms with Gasteiger partial charge in [0.15, 0.2) is 16.6 Å². The molecule has 0 amide bonds. The summed E-state index contributed by atoms with van der Waals surface area (Å²) in [5.74, 6) is 0. The number of hydrogen-bond acceptors (Lipinski definition) is 39. The van der Waals surface area contributed by atoms with Crippen molar-refractivity contribution in [1.29, 1.82) is 0 Å². The lowest BCUT2D eigenvalue weighted by Gasteiger charge is -2.20. The van der Waals surface area contributed by atoms with E-state index in [-0.39, 0.29) is 0 Å². The first-order valence-electron chi connectivity index (χ1n) is 21.7. The van der Waals surface area contributed by atoms with E-state index in [4.69, 9.17) is 8.23 Å². The summed E-state index contributed by atoms with van der Waals surface area (Å²) >= 11 is 0. The van der Waals surface area contributed by atoms with Crippen molar-refractivity contribution in [3.8, 4) is 0 Å². The molecule has 0 aliphatic carbocycles. The van der Waals surface area contributed by atoms with Crippen molar-refractivity contribution in [3.63, 3.8) is 0 Å². The summed E-state index contributed by atoms with van der Waals surface area (Å²) in [5, 5.41) is 0. The van der Waals surface area contributed by atoms with Crippen LogP contribution in [0.3, 0.4) is 0 Å². The lowest BCUT2D eigenvalue weighted by molar-refractivity contribution is 0.531. The SMILES string of the molecule is C[SiH](O[Si](C)(C)C)[Si](=O)[Si](=O)[Si](=O)[Si](=O)[Si](=O)[Si](=O)[Si](=O)[Si](=O)[Si](=O)[Si](=O)[Si](=O)[Si](=O)[Si](=O)[Si](=O)[Si](=O)[Si](=O)[Si](=O)[Si](=O)[Si](=O)[Si](=O)[Si](=O)[Si](=O)[Si](=O)[Si](=O)[Si](=O)[Si](=O)[Si](=O)[Si](=O)[Si](=O)[Si](=O)[Si](=O)[Si](=O)[Si](=O)[Si](=O)[Si](=O)[Si](=O)[Si](=O)[SiH2]O[Si](C)(C)C. The lowest BCUT2D eigenvalue weighted by atomic mass is 11.8. The highest BCUT2D eigenvalue weighted by Gasteiger charge is 2.60. The summed E-state index contributed by atoms with van der Waals surface area (Å²) in [4.78, 5) is 0. The third-order valence-electron chi connectivity index (χ3n) is 9.02. The molecule has 0 saturated carbocycles. The molecule has 1 atom stereocenters. The molecule has 0 bridgehead atoms. The van der Waals surface area contributed by atoms with Crippen LogP contribution in [0.25, 0.3) is 0 Å². The van der Waals surface area contributed by atoms with Crippen LogP contribution in [0.15, 0.2) is 0 Å². The van der Waals surface area contributed by atoms with E-state index in [1.54, 1.807) is 39.3 Å². The van der Waals surface area contributed by atoms with Gasteiger partial charge in [0, 0.05) is 0 Å². The molecule has 0 aliphatic rings. The van der Waals surface area contributed by atoms with Crippen molar-refractivity contribution < 1.29 is 173 Å². The number of rotatable bonds is 42. The van der Waals surface area contributed by atoms with Gasteiger partial charge in [-0.05, 0) is 45.8 Å². The van der Waals surface area contributed by atoms with Crippen LogP contribution in [0, 0.1) is 0 Å². The van der Waals surface area contributed by atoms with E-state index < -0.39 is 320 Å². The third-order valence-corrected chi connectivity index (χ3v) is 320. The van der Waals surface area contributed by atoms with Crippen LogP contribution in [0.1, 0.15) is 0 Å². The van der Waals surface area contributed by atoms with Gasteiger partial charge in [-0.2, -0.15) is 0 Å².